The number of piperazine rings is 1. The molecule has 3 aromatic carbocycles. The summed E-state index contributed by atoms with van der Waals surface area (Å²) in [5.41, 5.74) is 2.86. The first-order chi connectivity index (χ1) is 15.5. The van der Waals surface area contributed by atoms with Crippen molar-refractivity contribution in [2.75, 3.05) is 43.5 Å². The first-order valence-corrected chi connectivity index (χ1v) is 10.8. The number of carbonyl (C=O) groups is 2. The first-order valence-electron chi connectivity index (χ1n) is 10.4. The van der Waals surface area contributed by atoms with Crippen molar-refractivity contribution in [3.8, 4) is 5.75 Å². The molecule has 3 aromatic rings. The van der Waals surface area contributed by atoms with E-state index >= 15 is 0 Å². The fourth-order valence-corrected chi connectivity index (χ4v) is 3.90. The van der Waals surface area contributed by atoms with Crippen molar-refractivity contribution in [1.82, 2.24) is 4.90 Å². The number of benzene rings is 3. The maximum absolute atomic E-state index is 12.7. The Hall–Kier alpha value is -3.51. The molecule has 7 heteroatoms. The third kappa shape index (κ3) is 4.86. The molecular weight excluding hydrogens is 426 g/mol. The van der Waals surface area contributed by atoms with Gasteiger partial charge in [0.1, 0.15) is 5.75 Å². The molecule has 0 aromatic heterocycles. The maximum Gasteiger partial charge on any atom is 0.257 e. The van der Waals surface area contributed by atoms with Gasteiger partial charge in [0.25, 0.3) is 11.8 Å². The van der Waals surface area contributed by atoms with Crippen molar-refractivity contribution >= 4 is 34.8 Å². The Bertz CT molecular complexity index is 1090. The molecule has 1 N–H and O–H groups in total. The minimum atomic E-state index is -0.242. The lowest BCUT2D eigenvalue weighted by Crippen LogP contribution is -2.48. The van der Waals surface area contributed by atoms with Gasteiger partial charge in [-0.1, -0.05) is 23.7 Å². The Labute approximate surface area is 192 Å². The molecule has 32 heavy (non-hydrogen) atoms. The van der Waals surface area contributed by atoms with Crippen LogP contribution in [-0.2, 0) is 0 Å². The van der Waals surface area contributed by atoms with Crippen LogP contribution in [0.2, 0.25) is 5.02 Å². The SMILES string of the molecule is COc1ccc(C(=O)N2CCN(c3ccc(NC(=O)c4ccccc4Cl)cc3)CC2)cc1. The molecule has 0 radical (unpaired) electrons. The molecule has 0 spiro atoms. The number of nitrogens with one attached hydrogen (secondary N) is 1. The van der Waals surface area contributed by atoms with Crippen molar-refractivity contribution in [2.24, 2.45) is 0 Å². The van der Waals surface area contributed by atoms with Crippen LogP contribution in [0.5, 0.6) is 5.75 Å². The minimum absolute atomic E-state index is 0.0323. The molecule has 0 bridgehead atoms. The summed E-state index contributed by atoms with van der Waals surface area (Å²) in [6.07, 6.45) is 0. The normalized spacial score (nSPS) is 13.6. The average Bonchev–Trinajstić information content (AvgIpc) is 2.84. The van der Waals surface area contributed by atoms with E-state index in [9.17, 15) is 9.59 Å². The summed E-state index contributed by atoms with van der Waals surface area (Å²) in [6, 6.07) is 21.8. The number of carbonyl (C=O) groups excluding carboxylic acids is 2. The molecule has 1 aliphatic heterocycles. The van der Waals surface area contributed by atoms with Crippen LogP contribution in [0, 0.1) is 0 Å². The van der Waals surface area contributed by atoms with E-state index in [1.54, 1.807) is 55.6 Å². The number of ether oxygens (including phenoxy) is 1. The largest absolute Gasteiger partial charge is 0.497 e. The lowest BCUT2D eigenvalue weighted by molar-refractivity contribution is 0.0746. The van der Waals surface area contributed by atoms with E-state index in [1.807, 2.05) is 29.2 Å². The van der Waals surface area contributed by atoms with E-state index in [4.69, 9.17) is 16.3 Å². The highest BCUT2D eigenvalue weighted by atomic mass is 35.5. The van der Waals surface area contributed by atoms with Gasteiger partial charge in [0.05, 0.1) is 17.7 Å². The van der Waals surface area contributed by atoms with Crippen LogP contribution in [0.3, 0.4) is 0 Å². The Balaban J connectivity index is 1.33. The monoisotopic (exact) mass is 449 g/mol. The number of hydrogen-bond acceptors (Lipinski definition) is 4. The lowest BCUT2D eigenvalue weighted by Gasteiger charge is -2.36. The molecule has 0 aliphatic carbocycles. The van der Waals surface area contributed by atoms with Crippen LogP contribution in [-0.4, -0.2) is 50.0 Å². The number of methoxy groups -OCH3 is 1. The molecule has 1 saturated heterocycles. The number of hydrogen-bond donors (Lipinski definition) is 1. The van der Waals surface area contributed by atoms with Crippen LogP contribution in [0.25, 0.3) is 0 Å². The highest BCUT2D eigenvalue weighted by Crippen LogP contribution is 2.22. The average molecular weight is 450 g/mol. The number of nitrogens with zero attached hydrogens (tertiary/aromatic N) is 2. The second-order valence-corrected chi connectivity index (χ2v) is 7.90. The highest BCUT2D eigenvalue weighted by Gasteiger charge is 2.22. The van der Waals surface area contributed by atoms with Gasteiger partial charge < -0.3 is 19.9 Å². The third-order valence-corrected chi connectivity index (χ3v) is 5.84. The smallest absolute Gasteiger partial charge is 0.257 e. The van der Waals surface area contributed by atoms with Crippen molar-refractivity contribution in [2.45, 2.75) is 0 Å². The zero-order valence-electron chi connectivity index (χ0n) is 17.8. The molecule has 1 heterocycles. The first kappa shape index (κ1) is 21.7. The zero-order valence-corrected chi connectivity index (χ0v) is 18.5. The summed E-state index contributed by atoms with van der Waals surface area (Å²) in [5, 5.41) is 3.29. The van der Waals surface area contributed by atoms with Gasteiger partial charge in [0.15, 0.2) is 0 Å². The quantitative estimate of drug-likeness (QED) is 0.620. The molecule has 0 saturated carbocycles. The predicted octanol–water partition coefficient (Wildman–Crippen LogP) is 4.56. The van der Waals surface area contributed by atoms with Crippen molar-refractivity contribution in [3.63, 3.8) is 0 Å². The molecule has 1 fully saturated rings. The van der Waals surface area contributed by atoms with Crippen molar-refractivity contribution in [1.29, 1.82) is 0 Å². The van der Waals surface area contributed by atoms with Crippen LogP contribution in [0.4, 0.5) is 11.4 Å². The number of halogens is 1. The van der Waals surface area contributed by atoms with Gasteiger partial charge in [-0.3, -0.25) is 9.59 Å². The Morgan fingerprint density at radius 3 is 2.16 bits per heavy atom. The molecule has 6 nitrogen and oxygen atoms in total. The van der Waals surface area contributed by atoms with Crippen LogP contribution in [0.15, 0.2) is 72.8 Å². The number of rotatable bonds is 5. The van der Waals surface area contributed by atoms with E-state index in [1.165, 1.54) is 0 Å². The topological polar surface area (TPSA) is 61.9 Å². The second-order valence-electron chi connectivity index (χ2n) is 7.49. The van der Waals surface area contributed by atoms with Crippen LogP contribution < -0.4 is 15.0 Å². The van der Waals surface area contributed by atoms with E-state index in [0.29, 0.717) is 34.9 Å². The van der Waals surface area contributed by atoms with Gasteiger partial charge in [-0.05, 0) is 60.7 Å². The predicted molar refractivity (Wildman–Crippen MR) is 127 cm³/mol. The van der Waals surface area contributed by atoms with Crippen molar-refractivity contribution < 1.29 is 14.3 Å². The van der Waals surface area contributed by atoms with Gasteiger partial charge in [0.2, 0.25) is 0 Å². The van der Waals surface area contributed by atoms with Crippen molar-refractivity contribution in [3.05, 3.63) is 88.9 Å². The summed E-state index contributed by atoms with van der Waals surface area (Å²) < 4.78 is 5.15. The molecule has 2 amide bonds. The highest BCUT2D eigenvalue weighted by molar-refractivity contribution is 6.34. The molecule has 4 rings (SSSR count). The Kier molecular flexibility index (Phi) is 6.61. The molecule has 164 valence electrons. The van der Waals surface area contributed by atoms with Gasteiger partial charge in [-0.15, -0.1) is 0 Å². The lowest BCUT2D eigenvalue weighted by atomic mass is 10.1. The molecule has 0 atom stereocenters. The summed E-state index contributed by atoms with van der Waals surface area (Å²) >= 11 is 6.10. The minimum Gasteiger partial charge on any atom is -0.497 e. The third-order valence-electron chi connectivity index (χ3n) is 5.51. The molecule has 1 aliphatic rings. The van der Waals surface area contributed by atoms with E-state index in [2.05, 4.69) is 10.2 Å². The van der Waals surface area contributed by atoms with Crippen LogP contribution >= 0.6 is 11.6 Å². The van der Waals surface area contributed by atoms with Gasteiger partial charge >= 0.3 is 0 Å². The molecular formula is C25H24ClN3O3. The van der Waals surface area contributed by atoms with E-state index in [-0.39, 0.29) is 11.8 Å². The van der Waals surface area contributed by atoms with Gasteiger partial charge in [-0.2, -0.15) is 0 Å². The fraction of sp³-hybridized carbons (Fsp3) is 0.200. The van der Waals surface area contributed by atoms with E-state index < -0.39 is 0 Å². The summed E-state index contributed by atoms with van der Waals surface area (Å²) in [4.78, 5) is 29.3. The summed E-state index contributed by atoms with van der Waals surface area (Å²) in [7, 11) is 1.61. The number of anilines is 2. The van der Waals surface area contributed by atoms with Gasteiger partial charge in [-0.25, -0.2) is 0 Å². The Morgan fingerprint density at radius 1 is 0.875 bits per heavy atom. The zero-order chi connectivity index (χ0) is 22.5. The van der Waals surface area contributed by atoms with Gasteiger partial charge in [0, 0.05) is 43.1 Å². The van der Waals surface area contributed by atoms with E-state index in [0.717, 1.165) is 24.5 Å². The standard InChI is InChI=1S/C25H24ClN3O3/c1-32-21-12-6-18(7-13-21)25(31)29-16-14-28(15-17-29)20-10-8-19(9-11-20)27-24(30)22-4-2-3-5-23(22)26/h2-13H,14-17H2,1H3,(H,27,30). The maximum atomic E-state index is 12.7. The van der Waals surface area contributed by atoms with Crippen LogP contribution in [0.1, 0.15) is 20.7 Å². The molecule has 0 unspecified atom stereocenters. The summed E-state index contributed by atoms with van der Waals surface area (Å²) in [6.45, 7) is 2.78. The Morgan fingerprint density at radius 2 is 1.53 bits per heavy atom. The number of amides is 2. The fourth-order valence-electron chi connectivity index (χ4n) is 3.68. The second kappa shape index (κ2) is 9.75. The summed E-state index contributed by atoms with van der Waals surface area (Å²) in [5.74, 6) is 0.525.